The SMILES string of the molecule is CC1C(OC(=N)C(Cl)(Cl)Cl)OC2COC(c3ccccc3)OC2C1C.CCCCCCC#CCCCCCC[C@H]1OC(C)(C)O[C@H]1[C@@H](O)CO.CCCCCCC#CCCCCCC[C@H]1OC(C)(C)O[C@H]1[C@@H](O)COC1OC2COC(c3ccccc3)OC2C(C)C1C.CCCCCCC#CCCCCCC[C@H]1OC(C)(C)O[C@H]1[C@@H](O)COC1OC2COC(c3ccccc3)OC2C(C)C1C. The molecule has 0 aliphatic carbocycles. The molecule has 768 valence electrons. The highest BCUT2D eigenvalue weighted by Crippen LogP contribution is 2.46. The van der Waals surface area contributed by atoms with Crippen molar-refractivity contribution in [1.82, 2.24) is 0 Å². The summed E-state index contributed by atoms with van der Waals surface area (Å²) in [7, 11) is 0. The molecule has 9 fully saturated rings. The summed E-state index contributed by atoms with van der Waals surface area (Å²) >= 11 is 17.1. The van der Waals surface area contributed by atoms with Gasteiger partial charge in [0.25, 0.3) is 3.79 Å². The summed E-state index contributed by atoms with van der Waals surface area (Å²) in [6.07, 6.45) is 29.3. The molecule has 3 aromatic rings. The highest BCUT2D eigenvalue weighted by molar-refractivity contribution is 6.76. The van der Waals surface area contributed by atoms with E-state index < -0.39 is 101 Å². The van der Waals surface area contributed by atoms with Gasteiger partial charge in [-0.2, -0.15) is 0 Å². The molecule has 9 aliphatic rings. The summed E-state index contributed by atoms with van der Waals surface area (Å²) < 4.78 is 108. The lowest BCUT2D eigenvalue weighted by Crippen LogP contribution is -2.56. The van der Waals surface area contributed by atoms with Gasteiger partial charge in [-0.05, 0) is 117 Å². The lowest BCUT2D eigenvalue weighted by molar-refractivity contribution is -0.344. The molecule has 27 atom stereocenters. The van der Waals surface area contributed by atoms with E-state index in [1.807, 2.05) is 139 Å². The van der Waals surface area contributed by atoms with Crippen LogP contribution in [0.2, 0.25) is 0 Å². The van der Waals surface area contributed by atoms with Crippen LogP contribution >= 0.6 is 34.8 Å². The zero-order chi connectivity index (χ0) is 98.1. The maximum Gasteiger partial charge on any atom is 0.265 e. The summed E-state index contributed by atoms with van der Waals surface area (Å²) in [5.41, 5.74) is 2.99. The van der Waals surface area contributed by atoms with E-state index in [0.717, 1.165) is 145 Å². The second-order valence-electron chi connectivity index (χ2n) is 40.1. The number of alkyl halides is 3. The first kappa shape index (κ1) is 115. The third kappa shape index (κ3) is 38.4. The normalized spacial score (nSPS) is 31.4. The number of hydrogen-bond acceptors (Lipinski definition) is 23. The number of benzene rings is 3. The second-order valence-corrected chi connectivity index (χ2v) is 42.4. The van der Waals surface area contributed by atoms with Crippen LogP contribution in [0.15, 0.2) is 91.0 Å². The molecule has 26 heteroatoms. The van der Waals surface area contributed by atoms with Crippen LogP contribution in [0.5, 0.6) is 0 Å². The smallest absolute Gasteiger partial charge is 0.265 e. The van der Waals surface area contributed by atoms with Gasteiger partial charge in [0.1, 0.15) is 54.9 Å². The Bertz CT molecular complexity index is 3800. The van der Waals surface area contributed by atoms with Gasteiger partial charge in [0.15, 0.2) is 48.8 Å². The van der Waals surface area contributed by atoms with Crippen LogP contribution < -0.4 is 0 Å². The van der Waals surface area contributed by atoms with E-state index in [-0.39, 0.29) is 110 Å². The van der Waals surface area contributed by atoms with Gasteiger partial charge in [-0.3, -0.25) is 5.41 Å². The predicted molar refractivity (Wildman–Crippen MR) is 531 cm³/mol. The van der Waals surface area contributed by atoms with Crippen molar-refractivity contribution in [2.45, 2.75) is 466 Å². The fourth-order valence-electron chi connectivity index (χ4n) is 19.1. The topological polar surface area (TPSA) is 271 Å². The van der Waals surface area contributed by atoms with Crippen molar-refractivity contribution in [3.8, 4) is 35.5 Å². The maximum absolute atomic E-state index is 11.2. The van der Waals surface area contributed by atoms with Crippen molar-refractivity contribution in [3.63, 3.8) is 0 Å². The number of aliphatic hydroxyl groups is 4. The summed E-state index contributed by atoms with van der Waals surface area (Å²) in [5.74, 6) is 17.9. The van der Waals surface area contributed by atoms with Crippen molar-refractivity contribution < 1.29 is 106 Å². The third-order valence-corrected chi connectivity index (χ3v) is 28.0. The van der Waals surface area contributed by atoms with Gasteiger partial charge in [-0.15, -0.1) is 35.5 Å². The average Bonchev–Trinajstić information content (AvgIpc) is 1.16. The number of halogens is 3. The van der Waals surface area contributed by atoms with Gasteiger partial charge >= 0.3 is 0 Å². The highest BCUT2D eigenvalue weighted by atomic mass is 35.6. The molecular formula is C110H170Cl3NO22. The van der Waals surface area contributed by atoms with Gasteiger partial charge < -0.3 is 106 Å². The van der Waals surface area contributed by atoms with E-state index in [1.165, 1.54) is 83.5 Å². The number of ether oxygens (including phenoxy) is 18. The molecule has 18 unspecified atom stereocenters. The molecule has 0 amide bonds. The number of hydrogen-bond donors (Lipinski definition) is 5. The van der Waals surface area contributed by atoms with Crippen LogP contribution in [-0.4, -0.2) is 198 Å². The fraction of sp³-hybridized carbons (Fsp3) is 0.773. The Morgan fingerprint density at radius 3 is 0.912 bits per heavy atom. The summed E-state index contributed by atoms with van der Waals surface area (Å²) in [6.45, 7) is 31.9. The van der Waals surface area contributed by atoms with Gasteiger partial charge in [0.2, 0.25) is 12.2 Å². The molecule has 0 aromatic heterocycles. The Morgan fingerprint density at radius 2 is 0.632 bits per heavy atom. The first-order valence-corrected chi connectivity index (χ1v) is 53.0. The first-order chi connectivity index (χ1) is 65.3. The van der Waals surface area contributed by atoms with E-state index in [2.05, 4.69) is 90.9 Å². The lowest BCUT2D eigenvalue weighted by atomic mass is 9.84. The van der Waals surface area contributed by atoms with E-state index in [0.29, 0.717) is 19.8 Å². The average molecular weight is 1960 g/mol. The largest absolute Gasteiger partial charge is 0.448 e. The molecule has 0 spiro atoms. The Kier molecular flexibility index (Phi) is 51.4. The van der Waals surface area contributed by atoms with E-state index in [4.69, 9.17) is 131 Å². The molecule has 5 N–H and O–H groups in total. The minimum absolute atomic E-state index is 0.0523. The van der Waals surface area contributed by atoms with E-state index in [1.54, 1.807) is 0 Å². The van der Waals surface area contributed by atoms with E-state index in [9.17, 15) is 15.3 Å². The molecule has 12 rings (SSSR count). The van der Waals surface area contributed by atoms with Crippen LogP contribution in [0.1, 0.15) is 351 Å². The number of aliphatic hydroxyl groups excluding tert-OH is 4. The molecule has 0 saturated carbocycles. The molecular weight excluding hydrogens is 1790 g/mol. The van der Waals surface area contributed by atoms with Crippen LogP contribution in [0.3, 0.4) is 0 Å². The van der Waals surface area contributed by atoms with Crippen LogP contribution in [0, 0.1) is 76.4 Å². The van der Waals surface area contributed by atoms with Crippen molar-refractivity contribution in [2.24, 2.45) is 35.5 Å². The number of fused-ring (bicyclic) bond motifs is 3. The maximum atomic E-state index is 11.2. The highest BCUT2D eigenvalue weighted by Gasteiger charge is 2.53. The molecule has 9 saturated heterocycles. The van der Waals surface area contributed by atoms with Crippen molar-refractivity contribution >= 4 is 40.7 Å². The minimum Gasteiger partial charge on any atom is -0.448 e. The Labute approximate surface area is 831 Å². The fourth-order valence-corrected chi connectivity index (χ4v) is 19.2. The summed E-state index contributed by atoms with van der Waals surface area (Å²) in [6, 6.07) is 29.8. The standard InChI is InChI=1S/2C36H56O7.C21H38O4.C17H20Cl3NO4/c2*1-6-7-8-9-10-11-12-13-14-15-16-20-23-30-33(43-36(4,5)42-30)29(37)24-38-34-27(3)26(2)32-31(40-34)25-39-35(41-32)28-21-18-17-19-22-28;1-4-5-6-7-8-9-10-11-12-13-14-15-16-19-20(18(23)17-22)25-21(2,3)24-19;1-9-10(2)14(25-16(21)17(18,19)20)23-12-8-22-15(24-13(9)12)11-6-4-3-5-7-11/h2*17-19,21-22,26-27,29-35,37H,6-10,13-16,20,23-25H2,1-5H3;18-20,22-23H,4-8,11-17H2,1-3H3;3-7,9-10,12-15,21H,8H2,1-2H3/t2*26?,27?,29-,30+,31?,32?,33-,34?,35?;18-,19+,20-;/m000./s1. The zero-order valence-corrected chi connectivity index (χ0v) is 86.9. The van der Waals surface area contributed by atoms with Gasteiger partial charge in [-0.1, -0.05) is 304 Å². The molecule has 0 radical (unpaired) electrons. The van der Waals surface area contributed by atoms with Crippen LogP contribution in [0.25, 0.3) is 0 Å². The number of nitrogens with one attached hydrogen (secondary N) is 1. The van der Waals surface area contributed by atoms with Gasteiger partial charge in [-0.25, -0.2) is 0 Å². The van der Waals surface area contributed by atoms with Crippen molar-refractivity contribution in [1.29, 1.82) is 5.41 Å². The Balaban J connectivity index is 0.000000210. The first-order valence-electron chi connectivity index (χ1n) is 51.9. The molecule has 9 heterocycles. The quantitative estimate of drug-likeness (QED) is 0.0116. The molecule has 3 aromatic carbocycles. The lowest BCUT2D eigenvalue weighted by Gasteiger charge is -2.48. The molecule has 136 heavy (non-hydrogen) atoms. The summed E-state index contributed by atoms with van der Waals surface area (Å²) in [4.78, 5) is 0. The number of rotatable bonds is 44. The van der Waals surface area contributed by atoms with Crippen LogP contribution in [-0.2, 0) is 85.3 Å². The monoisotopic (exact) mass is 1960 g/mol. The third-order valence-electron chi connectivity index (χ3n) is 27.5. The molecule has 0 bridgehead atoms. The minimum atomic E-state index is -1.92. The summed E-state index contributed by atoms with van der Waals surface area (Å²) in [5, 5.41) is 49.1. The number of unbranched alkanes of at least 4 members (excludes halogenated alkanes) is 24. The van der Waals surface area contributed by atoms with E-state index >= 15 is 0 Å². The van der Waals surface area contributed by atoms with Crippen molar-refractivity contribution in [3.05, 3.63) is 108 Å². The zero-order valence-electron chi connectivity index (χ0n) is 84.6. The van der Waals surface area contributed by atoms with Gasteiger partial charge in [0, 0.05) is 73.0 Å². The van der Waals surface area contributed by atoms with Crippen molar-refractivity contribution in [2.75, 3.05) is 39.6 Å². The molecule has 9 aliphatic heterocycles. The molecule has 23 nitrogen and oxygen atoms in total. The van der Waals surface area contributed by atoms with Gasteiger partial charge in [0.05, 0.1) is 76.3 Å². The Hall–Kier alpha value is -4.16. The Morgan fingerprint density at radius 1 is 0.368 bits per heavy atom. The second kappa shape index (κ2) is 60.6. The van der Waals surface area contributed by atoms with Crippen LogP contribution in [0.4, 0.5) is 0 Å². The predicted octanol–water partition coefficient (Wildman–Crippen LogP) is 23.3.